The molecule has 4 nitrogen and oxygen atoms in total. The lowest BCUT2D eigenvalue weighted by Crippen LogP contribution is -2.06. The van der Waals surface area contributed by atoms with Gasteiger partial charge in [0.1, 0.15) is 5.76 Å². The zero-order valence-corrected chi connectivity index (χ0v) is 12.2. The van der Waals surface area contributed by atoms with E-state index in [4.69, 9.17) is 9.15 Å². The molecule has 2 heterocycles. The van der Waals surface area contributed by atoms with Gasteiger partial charge >= 0.3 is 5.97 Å². The first-order valence-corrected chi connectivity index (χ1v) is 6.77. The average molecular weight is 332 g/mol. The summed E-state index contributed by atoms with van der Waals surface area (Å²) in [4.78, 5) is 16.1. The molecule has 0 bridgehead atoms. The van der Waals surface area contributed by atoms with Crippen molar-refractivity contribution in [3.8, 4) is 0 Å². The highest BCUT2D eigenvalue weighted by Crippen LogP contribution is 2.22. The Kier molecular flexibility index (Phi) is 3.28. The van der Waals surface area contributed by atoms with Crippen molar-refractivity contribution in [2.75, 3.05) is 0 Å². The van der Waals surface area contributed by atoms with Crippen LogP contribution in [0.3, 0.4) is 0 Å². The van der Waals surface area contributed by atoms with Gasteiger partial charge < -0.3 is 9.15 Å². The number of hydrogen-bond acceptors (Lipinski definition) is 4. The number of aryl methyl sites for hydroxylation is 1. The predicted octanol–water partition coefficient (Wildman–Crippen LogP) is 3.70. The predicted molar refractivity (Wildman–Crippen MR) is 78.2 cm³/mol. The second-order valence-corrected chi connectivity index (χ2v) is 5.07. The summed E-state index contributed by atoms with van der Waals surface area (Å²) in [5.41, 5.74) is 2.04. The molecule has 0 fully saturated rings. The number of aliphatic imine (C=N–C) groups is 1. The SMILES string of the molecule is Cc1ccccc1C1=N/C(=C/c2ccc(Br)o2)C(=O)O1. The van der Waals surface area contributed by atoms with Crippen LogP contribution in [0.1, 0.15) is 16.9 Å². The van der Waals surface area contributed by atoms with Gasteiger partial charge in [0.05, 0.1) is 0 Å². The van der Waals surface area contributed by atoms with Gasteiger partial charge in [0.25, 0.3) is 0 Å². The molecule has 0 unspecified atom stereocenters. The fourth-order valence-corrected chi connectivity index (χ4v) is 2.20. The first kappa shape index (κ1) is 12.9. The standard InChI is InChI=1S/C15H10BrNO3/c1-9-4-2-3-5-11(9)14-17-12(15(18)20-14)8-10-6-7-13(16)19-10/h2-8H,1H3/b12-8+. The summed E-state index contributed by atoms with van der Waals surface area (Å²) in [6.45, 7) is 1.94. The number of ether oxygens (including phenoxy) is 1. The third-order valence-corrected chi connectivity index (χ3v) is 3.30. The molecule has 5 heteroatoms. The molecule has 0 radical (unpaired) electrons. The summed E-state index contributed by atoms with van der Waals surface area (Å²) in [5.74, 6) is 0.388. The van der Waals surface area contributed by atoms with Crippen LogP contribution in [0.4, 0.5) is 0 Å². The number of hydrogen-bond donors (Lipinski definition) is 0. The number of benzene rings is 1. The minimum absolute atomic E-state index is 0.227. The lowest BCUT2D eigenvalue weighted by Gasteiger charge is -2.02. The Hall–Kier alpha value is -2.14. The summed E-state index contributed by atoms with van der Waals surface area (Å²) < 4.78 is 11.1. The van der Waals surface area contributed by atoms with Crippen LogP contribution in [0.2, 0.25) is 0 Å². The maximum absolute atomic E-state index is 11.8. The van der Waals surface area contributed by atoms with Crippen LogP contribution in [-0.4, -0.2) is 11.9 Å². The summed E-state index contributed by atoms with van der Waals surface area (Å²) >= 11 is 3.21. The number of nitrogens with zero attached hydrogens (tertiary/aromatic N) is 1. The Morgan fingerprint density at radius 1 is 1.20 bits per heavy atom. The smallest absolute Gasteiger partial charge is 0.363 e. The zero-order valence-electron chi connectivity index (χ0n) is 10.6. The number of furan rings is 1. The highest BCUT2D eigenvalue weighted by Gasteiger charge is 2.25. The van der Waals surface area contributed by atoms with E-state index in [2.05, 4.69) is 20.9 Å². The minimum Gasteiger partial charge on any atom is -0.450 e. The summed E-state index contributed by atoms with van der Waals surface area (Å²) in [6.07, 6.45) is 1.55. The highest BCUT2D eigenvalue weighted by molar-refractivity contribution is 9.10. The topological polar surface area (TPSA) is 51.8 Å². The van der Waals surface area contributed by atoms with Gasteiger partial charge in [0.2, 0.25) is 5.90 Å². The van der Waals surface area contributed by atoms with Crippen molar-refractivity contribution in [3.63, 3.8) is 0 Å². The molecule has 1 aliphatic rings. The van der Waals surface area contributed by atoms with Gasteiger partial charge in [-0.15, -0.1) is 0 Å². The average Bonchev–Trinajstić information content (AvgIpc) is 2.98. The van der Waals surface area contributed by atoms with Gasteiger partial charge in [0, 0.05) is 11.6 Å². The zero-order chi connectivity index (χ0) is 14.1. The largest absolute Gasteiger partial charge is 0.450 e. The Bertz CT molecular complexity index is 743. The highest BCUT2D eigenvalue weighted by atomic mass is 79.9. The monoisotopic (exact) mass is 331 g/mol. The van der Waals surface area contributed by atoms with E-state index in [0.29, 0.717) is 16.3 Å². The molecule has 0 N–H and O–H groups in total. The lowest BCUT2D eigenvalue weighted by atomic mass is 10.1. The van der Waals surface area contributed by atoms with Gasteiger partial charge in [-0.1, -0.05) is 18.2 Å². The van der Waals surface area contributed by atoms with Crippen LogP contribution in [0.25, 0.3) is 6.08 Å². The van der Waals surface area contributed by atoms with Crippen LogP contribution in [-0.2, 0) is 9.53 Å². The van der Waals surface area contributed by atoms with Crippen molar-refractivity contribution >= 4 is 33.9 Å². The summed E-state index contributed by atoms with van der Waals surface area (Å²) in [6, 6.07) is 11.1. The van der Waals surface area contributed by atoms with E-state index < -0.39 is 5.97 Å². The first-order chi connectivity index (χ1) is 9.63. The number of rotatable bonds is 2. The van der Waals surface area contributed by atoms with E-state index in [0.717, 1.165) is 11.1 Å². The fourth-order valence-electron chi connectivity index (χ4n) is 1.88. The van der Waals surface area contributed by atoms with E-state index in [-0.39, 0.29) is 5.70 Å². The van der Waals surface area contributed by atoms with E-state index >= 15 is 0 Å². The molecule has 1 aliphatic heterocycles. The fraction of sp³-hybridized carbons (Fsp3) is 0.0667. The molecule has 0 atom stereocenters. The normalized spacial score (nSPS) is 16.4. The third-order valence-electron chi connectivity index (χ3n) is 2.87. The van der Waals surface area contributed by atoms with Crippen LogP contribution in [0.15, 0.2) is 56.2 Å². The van der Waals surface area contributed by atoms with Crippen molar-refractivity contribution in [1.82, 2.24) is 0 Å². The van der Waals surface area contributed by atoms with Crippen molar-refractivity contribution in [1.29, 1.82) is 0 Å². The van der Waals surface area contributed by atoms with Gasteiger partial charge in [-0.3, -0.25) is 0 Å². The van der Waals surface area contributed by atoms with Crippen LogP contribution in [0, 0.1) is 6.92 Å². The summed E-state index contributed by atoms with van der Waals surface area (Å²) in [7, 11) is 0. The number of cyclic esters (lactones) is 1. The van der Waals surface area contributed by atoms with E-state index in [1.807, 2.05) is 31.2 Å². The molecule has 0 spiro atoms. The molecule has 3 rings (SSSR count). The molecule has 100 valence electrons. The van der Waals surface area contributed by atoms with Gasteiger partial charge in [-0.2, -0.15) is 0 Å². The molecule has 20 heavy (non-hydrogen) atoms. The second-order valence-electron chi connectivity index (χ2n) is 4.29. The Morgan fingerprint density at radius 3 is 2.70 bits per heavy atom. The molecular formula is C15H10BrNO3. The van der Waals surface area contributed by atoms with E-state index in [1.165, 1.54) is 0 Å². The molecule has 0 amide bonds. The van der Waals surface area contributed by atoms with Crippen molar-refractivity contribution in [2.45, 2.75) is 6.92 Å². The van der Waals surface area contributed by atoms with Gasteiger partial charge in [-0.05, 0) is 46.6 Å². The lowest BCUT2D eigenvalue weighted by molar-refractivity contribution is -0.129. The van der Waals surface area contributed by atoms with Gasteiger partial charge in [-0.25, -0.2) is 9.79 Å². The quantitative estimate of drug-likeness (QED) is 0.622. The van der Waals surface area contributed by atoms with E-state index in [9.17, 15) is 4.79 Å². The molecule has 2 aromatic rings. The van der Waals surface area contributed by atoms with Crippen LogP contribution >= 0.6 is 15.9 Å². The first-order valence-electron chi connectivity index (χ1n) is 5.97. The number of esters is 1. The number of carbonyl (C=O) groups is 1. The Balaban J connectivity index is 1.97. The Morgan fingerprint density at radius 2 is 2.00 bits per heavy atom. The van der Waals surface area contributed by atoms with Crippen molar-refractivity contribution < 1.29 is 13.9 Å². The van der Waals surface area contributed by atoms with Crippen LogP contribution in [0.5, 0.6) is 0 Å². The molecular weight excluding hydrogens is 322 g/mol. The maximum atomic E-state index is 11.8. The van der Waals surface area contributed by atoms with E-state index in [1.54, 1.807) is 18.2 Å². The summed E-state index contributed by atoms with van der Waals surface area (Å²) in [5, 5.41) is 0. The van der Waals surface area contributed by atoms with Crippen molar-refractivity contribution in [2.24, 2.45) is 4.99 Å². The van der Waals surface area contributed by atoms with Gasteiger partial charge in [0.15, 0.2) is 10.4 Å². The molecule has 1 aromatic heterocycles. The van der Waals surface area contributed by atoms with Crippen LogP contribution < -0.4 is 0 Å². The second kappa shape index (κ2) is 5.09. The molecule has 0 saturated heterocycles. The van der Waals surface area contributed by atoms with Crippen molar-refractivity contribution in [3.05, 3.63) is 63.7 Å². The molecule has 1 aromatic carbocycles. The molecule has 0 saturated carbocycles. The third kappa shape index (κ3) is 2.44. The maximum Gasteiger partial charge on any atom is 0.363 e. The Labute approximate surface area is 123 Å². The number of carbonyl (C=O) groups excluding carboxylic acids is 1. The molecule has 0 aliphatic carbocycles. The minimum atomic E-state index is -0.476. The number of halogens is 1.